The fourth-order valence-electron chi connectivity index (χ4n) is 2.25. The Morgan fingerprint density at radius 1 is 1.19 bits per heavy atom. The summed E-state index contributed by atoms with van der Waals surface area (Å²) in [7, 11) is 1.60. The zero-order valence-electron chi connectivity index (χ0n) is 11.8. The molecule has 0 aliphatic heterocycles. The fourth-order valence-corrected chi connectivity index (χ4v) is 2.41. The third-order valence-electron chi connectivity index (χ3n) is 3.25. The first-order chi connectivity index (χ1) is 10.2. The number of hydrogen-bond donors (Lipinski definition) is 0. The van der Waals surface area contributed by atoms with Crippen molar-refractivity contribution in [2.75, 3.05) is 7.11 Å². The second-order valence-corrected chi connectivity index (χ2v) is 5.38. The number of halogens is 1. The van der Waals surface area contributed by atoms with Crippen molar-refractivity contribution in [3.8, 4) is 5.88 Å². The van der Waals surface area contributed by atoms with Crippen LogP contribution in [0.5, 0.6) is 5.88 Å². The van der Waals surface area contributed by atoms with Crippen LogP contribution >= 0.6 is 11.6 Å². The molecule has 108 valence electrons. The molecule has 3 aromatic rings. The number of imidazole rings is 1. The van der Waals surface area contributed by atoms with Crippen LogP contribution in [0, 0.1) is 0 Å². The molecule has 0 saturated heterocycles. The lowest BCUT2D eigenvalue weighted by molar-refractivity contribution is 0.399. The fraction of sp³-hybridized carbons (Fsp3) is 0.267. The lowest BCUT2D eigenvalue weighted by atomic mass is 10.2. The van der Waals surface area contributed by atoms with Crippen LogP contribution in [-0.4, -0.2) is 26.6 Å². The minimum Gasteiger partial charge on any atom is -0.481 e. The lowest BCUT2D eigenvalue weighted by Gasteiger charge is -2.10. The highest BCUT2D eigenvalue weighted by molar-refractivity contribution is 6.20. The predicted octanol–water partition coefficient (Wildman–Crippen LogP) is 3.18. The summed E-state index contributed by atoms with van der Waals surface area (Å²) in [5.74, 6) is 1.36. The molecular weight excluding hydrogens is 288 g/mol. The summed E-state index contributed by atoms with van der Waals surface area (Å²) in [6.45, 7) is 2.55. The van der Waals surface area contributed by atoms with Gasteiger partial charge in [-0.25, -0.2) is 4.98 Å². The summed E-state index contributed by atoms with van der Waals surface area (Å²) >= 11 is 6.26. The van der Waals surface area contributed by atoms with E-state index in [0.717, 1.165) is 22.6 Å². The molecule has 21 heavy (non-hydrogen) atoms. The van der Waals surface area contributed by atoms with Crippen LogP contribution < -0.4 is 4.74 Å². The second-order valence-electron chi connectivity index (χ2n) is 4.72. The van der Waals surface area contributed by atoms with Crippen molar-refractivity contribution in [2.24, 2.45) is 0 Å². The number of aromatic nitrogens is 4. The molecular formula is C15H15ClN4O. The predicted molar refractivity (Wildman–Crippen MR) is 81.7 cm³/mol. The summed E-state index contributed by atoms with van der Waals surface area (Å²) in [6, 6.07) is 7.63. The van der Waals surface area contributed by atoms with Crippen LogP contribution in [0.25, 0.3) is 11.2 Å². The Bertz CT molecular complexity index is 755. The van der Waals surface area contributed by atoms with Crippen molar-refractivity contribution in [1.29, 1.82) is 0 Å². The monoisotopic (exact) mass is 302 g/mol. The molecule has 6 heteroatoms. The van der Waals surface area contributed by atoms with Gasteiger partial charge in [0.25, 0.3) is 0 Å². The molecule has 5 nitrogen and oxygen atoms in total. The van der Waals surface area contributed by atoms with Gasteiger partial charge in [-0.1, -0.05) is 0 Å². The molecule has 0 saturated carbocycles. The molecule has 0 bridgehead atoms. The molecule has 0 aliphatic carbocycles. The molecule has 0 fully saturated rings. The third-order valence-corrected chi connectivity index (χ3v) is 3.45. The van der Waals surface area contributed by atoms with Gasteiger partial charge in [-0.2, -0.15) is 4.98 Å². The van der Waals surface area contributed by atoms with Gasteiger partial charge in [0.1, 0.15) is 11.3 Å². The quantitative estimate of drug-likeness (QED) is 0.695. The highest BCUT2D eigenvalue weighted by atomic mass is 35.5. The average molecular weight is 303 g/mol. The number of fused-ring (bicyclic) bond motifs is 1. The molecule has 0 N–H and O–H groups in total. The normalized spacial score (nSPS) is 12.5. The van der Waals surface area contributed by atoms with Crippen molar-refractivity contribution < 1.29 is 4.74 Å². The SMILES string of the molecule is COc1ccc2nc(C(C)Cl)n(Cc3ccncc3)c2n1. The van der Waals surface area contributed by atoms with Crippen molar-refractivity contribution in [3.63, 3.8) is 0 Å². The Morgan fingerprint density at radius 2 is 1.95 bits per heavy atom. The van der Waals surface area contributed by atoms with Gasteiger partial charge in [0, 0.05) is 18.5 Å². The van der Waals surface area contributed by atoms with E-state index in [9.17, 15) is 0 Å². The molecule has 0 radical (unpaired) electrons. The van der Waals surface area contributed by atoms with Gasteiger partial charge in [0.2, 0.25) is 5.88 Å². The van der Waals surface area contributed by atoms with E-state index in [-0.39, 0.29) is 5.38 Å². The molecule has 0 spiro atoms. The van der Waals surface area contributed by atoms with E-state index in [1.165, 1.54) is 0 Å². The van der Waals surface area contributed by atoms with Crippen LogP contribution in [0.3, 0.4) is 0 Å². The second kappa shape index (κ2) is 5.69. The van der Waals surface area contributed by atoms with Crippen LogP contribution in [-0.2, 0) is 6.54 Å². The maximum Gasteiger partial charge on any atom is 0.215 e. The summed E-state index contributed by atoms with van der Waals surface area (Å²) in [5.41, 5.74) is 2.70. The molecule has 0 aromatic carbocycles. The topological polar surface area (TPSA) is 52.8 Å². The molecule has 3 rings (SSSR count). The van der Waals surface area contributed by atoms with Crippen molar-refractivity contribution in [3.05, 3.63) is 48.0 Å². The average Bonchev–Trinajstić information content (AvgIpc) is 2.86. The minimum absolute atomic E-state index is 0.202. The van der Waals surface area contributed by atoms with Crippen LogP contribution in [0.1, 0.15) is 23.7 Å². The summed E-state index contributed by atoms with van der Waals surface area (Å²) in [4.78, 5) is 13.1. The van der Waals surface area contributed by atoms with Crippen molar-refractivity contribution in [1.82, 2.24) is 19.5 Å². The zero-order valence-corrected chi connectivity index (χ0v) is 12.6. The maximum atomic E-state index is 6.26. The van der Waals surface area contributed by atoms with Gasteiger partial charge >= 0.3 is 0 Å². The number of hydrogen-bond acceptors (Lipinski definition) is 4. The van der Waals surface area contributed by atoms with E-state index in [1.54, 1.807) is 25.6 Å². The van der Waals surface area contributed by atoms with Crippen LogP contribution in [0.2, 0.25) is 0 Å². The van der Waals surface area contributed by atoms with Gasteiger partial charge in [-0.05, 0) is 30.7 Å². The van der Waals surface area contributed by atoms with E-state index in [0.29, 0.717) is 12.4 Å². The van der Waals surface area contributed by atoms with Gasteiger partial charge in [0.05, 0.1) is 19.0 Å². The first-order valence-electron chi connectivity index (χ1n) is 6.63. The first kappa shape index (κ1) is 13.8. The highest BCUT2D eigenvalue weighted by Gasteiger charge is 2.16. The van der Waals surface area contributed by atoms with E-state index in [1.807, 2.05) is 29.7 Å². The van der Waals surface area contributed by atoms with E-state index < -0.39 is 0 Å². The lowest BCUT2D eigenvalue weighted by Crippen LogP contribution is -2.06. The standard InChI is InChI=1S/C15H15ClN4O/c1-10(16)14-18-12-3-4-13(21-2)19-15(12)20(14)9-11-5-7-17-8-6-11/h3-8,10H,9H2,1-2H3. The summed E-state index contributed by atoms with van der Waals surface area (Å²) in [6.07, 6.45) is 3.54. The maximum absolute atomic E-state index is 6.26. The van der Waals surface area contributed by atoms with Gasteiger partial charge in [0.15, 0.2) is 5.65 Å². The van der Waals surface area contributed by atoms with Crippen LogP contribution in [0.15, 0.2) is 36.7 Å². The third kappa shape index (κ3) is 2.69. The van der Waals surface area contributed by atoms with Crippen molar-refractivity contribution >= 4 is 22.8 Å². The minimum atomic E-state index is -0.202. The molecule has 1 atom stereocenters. The van der Waals surface area contributed by atoms with Crippen molar-refractivity contribution in [2.45, 2.75) is 18.8 Å². The number of alkyl halides is 1. The Balaban J connectivity index is 2.14. The molecule has 1 unspecified atom stereocenters. The number of nitrogens with zero attached hydrogens (tertiary/aromatic N) is 4. The van der Waals surface area contributed by atoms with Gasteiger partial charge < -0.3 is 9.30 Å². The number of ether oxygens (including phenoxy) is 1. The molecule has 3 aromatic heterocycles. The highest BCUT2D eigenvalue weighted by Crippen LogP contribution is 2.25. The van der Waals surface area contributed by atoms with Gasteiger partial charge in [-0.15, -0.1) is 11.6 Å². The largest absolute Gasteiger partial charge is 0.481 e. The zero-order chi connectivity index (χ0) is 14.8. The van der Waals surface area contributed by atoms with E-state index in [2.05, 4.69) is 15.0 Å². The molecule has 0 aliphatic rings. The van der Waals surface area contributed by atoms with E-state index >= 15 is 0 Å². The Labute approximate surface area is 127 Å². The molecule has 3 heterocycles. The molecule has 0 amide bonds. The number of methoxy groups -OCH3 is 1. The van der Waals surface area contributed by atoms with E-state index in [4.69, 9.17) is 16.3 Å². The Kier molecular flexibility index (Phi) is 3.75. The summed E-state index contributed by atoms with van der Waals surface area (Å²) < 4.78 is 7.22. The number of pyridine rings is 2. The van der Waals surface area contributed by atoms with Gasteiger partial charge in [-0.3, -0.25) is 4.98 Å². The Morgan fingerprint density at radius 3 is 2.62 bits per heavy atom. The van der Waals surface area contributed by atoms with Crippen LogP contribution in [0.4, 0.5) is 0 Å². The smallest absolute Gasteiger partial charge is 0.215 e. The summed E-state index contributed by atoms with van der Waals surface area (Å²) in [5, 5.41) is -0.202. The first-order valence-corrected chi connectivity index (χ1v) is 7.07. The number of rotatable bonds is 4. The Hall–Kier alpha value is -2.14.